The Hall–Kier alpha value is -1.94. The highest BCUT2D eigenvalue weighted by Crippen LogP contribution is 2.49. The van der Waals surface area contributed by atoms with E-state index in [1.165, 1.54) is 0 Å². The van der Waals surface area contributed by atoms with Crippen molar-refractivity contribution in [3.63, 3.8) is 0 Å². The van der Waals surface area contributed by atoms with Crippen LogP contribution >= 0.6 is 47.8 Å². The van der Waals surface area contributed by atoms with Crippen LogP contribution in [0.25, 0.3) is 0 Å². The van der Waals surface area contributed by atoms with Gasteiger partial charge in [0.2, 0.25) is 0 Å². The minimum Gasteiger partial charge on any atom is -0.348 e. The molecule has 0 aliphatic rings. The van der Waals surface area contributed by atoms with Gasteiger partial charge in [0, 0.05) is 15.0 Å². The number of nitrogens with zero attached hydrogens (tertiary/aromatic N) is 2. The fourth-order valence-corrected chi connectivity index (χ4v) is 3.81. The molecular formula is C14H4Br3F6N3O4. The van der Waals surface area contributed by atoms with Crippen molar-refractivity contribution >= 4 is 70.5 Å². The van der Waals surface area contributed by atoms with E-state index in [0.717, 1.165) is 0 Å². The maximum Gasteiger partial charge on any atom is 0.418 e. The number of nitro groups is 2. The molecule has 1 N–H and O–H groups in total. The third-order valence-corrected chi connectivity index (χ3v) is 6.84. The van der Waals surface area contributed by atoms with Crippen LogP contribution in [-0.2, 0) is 12.4 Å². The second kappa shape index (κ2) is 8.30. The van der Waals surface area contributed by atoms with Gasteiger partial charge in [-0.05, 0) is 53.9 Å². The molecule has 0 aromatic heterocycles. The summed E-state index contributed by atoms with van der Waals surface area (Å²) in [5.74, 6) is 0. The van der Waals surface area contributed by atoms with Crippen molar-refractivity contribution in [3.8, 4) is 0 Å². The Morgan fingerprint density at radius 2 is 1.27 bits per heavy atom. The van der Waals surface area contributed by atoms with Crippen LogP contribution in [0.4, 0.5) is 49.1 Å². The number of rotatable bonds is 4. The predicted molar refractivity (Wildman–Crippen MR) is 103 cm³/mol. The lowest BCUT2D eigenvalue weighted by molar-refractivity contribution is -0.394. The molecule has 2 aromatic carbocycles. The summed E-state index contributed by atoms with van der Waals surface area (Å²) in [5, 5.41) is 24.0. The zero-order valence-corrected chi connectivity index (χ0v) is 18.4. The van der Waals surface area contributed by atoms with Crippen LogP contribution in [-0.4, -0.2) is 9.85 Å². The molecule has 2 rings (SSSR count). The van der Waals surface area contributed by atoms with Gasteiger partial charge in [-0.3, -0.25) is 20.2 Å². The molecule has 0 bridgehead atoms. The lowest BCUT2D eigenvalue weighted by Gasteiger charge is -2.20. The lowest BCUT2D eigenvalue weighted by Crippen LogP contribution is -2.15. The number of hydrogen-bond donors (Lipinski definition) is 1. The van der Waals surface area contributed by atoms with Crippen LogP contribution in [0, 0.1) is 20.2 Å². The molecule has 0 saturated carbocycles. The molecule has 2 aromatic rings. The fraction of sp³-hybridized carbons (Fsp3) is 0.143. The molecule has 0 heterocycles. The van der Waals surface area contributed by atoms with E-state index in [9.17, 15) is 46.6 Å². The van der Waals surface area contributed by atoms with Gasteiger partial charge in [-0.2, -0.15) is 26.3 Å². The zero-order valence-electron chi connectivity index (χ0n) is 13.7. The number of halogens is 9. The number of anilines is 2. The monoisotopic (exact) mass is 629 g/mol. The van der Waals surface area contributed by atoms with Crippen molar-refractivity contribution in [2.24, 2.45) is 0 Å². The molecule has 7 nitrogen and oxygen atoms in total. The Balaban J connectivity index is 2.92. The van der Waals surface area contributed by atoms with Crippen molar-refractivity contribution in [3.05, 3.63) is 63.0 Å². The highest BCUT2D eigenvalue weighted by Gasteiger charge is 2.42. The highest BCUT2D eigenvalue weighted by molar-refractivity contribution is 9.14. The van der Waals surface area contributed by atoms with Gasteiger partial charge in [-0.1, -0.05) is 0 Å². The molecule has 0 aliphatic heterocycles. The normalized spacial score (nSPS) is 12.0. The molecule has 0 saturated heterocycles. The van der Waals surface area contributed by atoms with E-state index in [1.807, 2.05) is 0 Å². The number of alkyl halides is 6. The SMILES string of the molecule is O=[N+]([O-])c1cc([N+](=O)[O-])c(Nc2c(C(F)(F)F)cc(Br)c(Br)c2Br)c(C(F)(F)F)c1. The summed E-state index contributed by atoms with van der Waals surface area (Å²) in [4.78, 5) is 19.5. The number of nitro benzene ring substituents is 2. The molecular weight excluding hydrogens is 628 g/mol. The Bertz CT molecular complexity index is 1060. The number of nitrogens with one attached hydrogen (secondary N) is 1. The molecule has 30 heavy (non-hydrogen) atoms. The lowest BCUT2D eigenvalue weighted by atomic mass is 10.1. The first-order valence-electron chi connectivity index (χ1n) is 7.11. The highest BCUT2D eigenvalue weighted by atomic mass is 79.9. The van der Waals surface area contributed by atoms with Crippen molar-refractivity contribution in [1.82, 2.24) is 0 Å². The summed E-state index contributed by atoms with van der Waals surface area (Å²) in [6.45, 7) is 0. The maximum absolute atomic E-state index is 13.5. The fourth-order valence-electron chi connectivity index (χ4n) is 2.28. The number of benzene rings is 2. The Morgan fingerprint density at radius 3 is 1.70 bits per heavy atom. The molecule has 0 aliphatic carbocycles. The van der Waals surface area contributed by atoms with Gasteiger partial charge in [0.1, 0.15) is 5.69 Å². The molecule has 0 fully saturated rings. The van der Waals surface area contributed by atoms with Gasteiger partial charge in [0.25, 0.3) is 11.4 Å². The largest absolute Gasteiger partial charge is 0.418 e. The second-order valence-electron chi connectivity index (χ2n) is 5.43. The van der Waals surface area contributed by atoms with Gasteiger partial charge >= 0.3 is 12.4 Å². The molecule has 0 radical (unpaired) electrons. The molecule has 0 spiro atoms. The Labute approximate surface area is 187 Å². The second-order valence-corrected chi connectivity index (χ2v) is 7.87. The number of hydrogen-bond acceptors (Lipinski definition) is 5. The van der Waals surface area contributed by atoms with Crippen LogP contribution in [0.1, 0.15) is 11.1 Å². The van der Waals surface area contributed by atoms with Crippen molar-refractivity contribution in [2.45, 2.75) is 12.4 Å². The smallest absolute Gasteiger partial charge is 0.348 e. The average Bonchev–Trinajstić information content (AvgIpc) is 2.59. The van der Waals surface area contributed by atoms with Crippen LogP contribution in [0.15, 0.2) is 31.6 Å². The molecule has 0 atom stereocenters. The third kappa shape index (κ3) is 4.85. The minimum atomic E-state index is -5.36. The van der Waals surface area contributed by atoms with E-state index in [4.69, 9.17) is 0 Å². The molecule has 0 amide bonds. The van der Waals surface area contributed by atoms with Crippen molar-refractivity contribution in [1.29, 1.82) is 0 Å². The van der Waals surface area contributed by atoms with Gasteiger partial charge in [-0.15, -0.1) is 0 Å². The van der Waals surface area contributed by atoms with E-state index in [1.54, 1.807) is 5.32 Å². The van der Waals surface area contributed by atoms with E-state index in [0.29, 0.717) is 6.07 Å². The van der Waals surface area contributed by atoms with Crippen molar-refractivity contribution in [2.75, 3.05) is 5.32 Å². The molecule has 16 heteroatoms. The third-order valence-electron chi connectivity index (χ3n) is 3.53. The average molecular weight is 632 g/mol. The van der Waals surface area contributed by atoms with Crippen LogP contribution < -0.4 is 5.32 Å². The summed E-state index contributed by atoms with van der Waals surface area (Å²) in [7, 11) is 0. The van der Waals surface area contributed by atoms with Crippen LogP contribution in [0.5, 0.6) is 0 Å². The van der Waals surface area contributed by atoms with Crippen LogP contribution in [0.2, 0.25) is 0 Å². The maximum atomic E-state index is 13.5. The summed E-state index contributed by atoms with van der Waals surface area (Å²) in [6, 6.07) is 0.749. The van der Waals surface area contributed by atoms with Gasteiger partial charge in [0.05, 0.1) is 37.2 Å². The van der Waals surface area contributed by atoms with Gasteiger partial charge in [0.15, 0.2) is 0 Å². The van der Waals surface area contributed by atoms with Gasteiger partial charge < -0.3 is 5.32 Å². The molecule has 162 valence electrons. The first kappa shape index (κ1) is 24.3. The summed E-state index contributed by atoms with van der Waals surface area (Å²) in [5.41, 5.74) is -8.39. The number of non-ortho nitro benzene ring substituents is 1. The topological polar surface area (TPSA) is 98.3 Å². The predicted octanol–water partition coefficient (Wildman–Crippen LogP) is 7.57. The summed E-state index contributed by atoms with van der Waals surface area (Å²) >= 11 is 8.59. The van der Waals surface area contributed by atoms with E-state index >= 15 is 0 Å². The van der Waals surface area contributed by atoms with E-state index in [2.05, 4.69) is 47.8 Å². The standard InChI is InChI=1S/C14H4Br3F6N3O4/c15-7-3-6(14(21,22)23)12(10(17)9(7)16)24-11-5(13(18,19)20)1-4(25(27)28)2-8(11)26(29)30/h1-3,24H. The Kier molecular flexibility index (Phi) is 6.73. The van der Waals surface area contributed by atoms with E-state index in [-0.39, 0.29) is 21.1 Å². The first-order valence-corrected chi connectivity index (χ1v) is 9.49. The minimum absolute atomic E-state index is 0.00952. The summed E-state index contributed by atoms with van der Waals surface area (Å²) in [6.07, 6.45) is -10.4. The zero-order chi connectivity index (χ0) is 23.2. The Morgan fingerprint density at radius 1 is 0.767 bits per heavy atom. The van der Waals surface area contributed by atoms with Crippen LogP contribution in [0.3, 0.4) is 0 Å². The summed E-state index contributed by atoms with van der Waals surface area (Å²) < 4.78 is 80.3. The van der Waals surface area contributed by atoms with E-state index < -0.39 is 60.5 Å². The van der Waals surface area contributed by atoms with Gasteiger partial charge in [-0.25, -0.2) is 0 Å². The molecule has 0 unspecified atom stereocenters. The quantitative estimate of drug-likeness (QED) is 0.162. The van der Waals surface area contributed by atoms with Crippen molar-refractivity contribution < 1.29 is 36.2 Å². The first-order chi connectivity index (χ1) is 13.6.